The van der Waals surface area contributed by atoms with Crippen LogP contribution in [-0.2, 0) is 14.4 Å². The molecule has 1 aromatic rings. The highest BCUT2D eigenvalue weighted by molar-refractivity contribution is 8.26. The molecule has 2 heterocycles. The Morgan fingerprint density at radius 1 is 1.15 bits per heavy atom. The van der Waals surface area contributed by atoms with Crippen LogP contribution in [0.3, 0.4) is 0 Å². The van der Waals surface area contributed by atoms with Crippen LogP contribution < -0.4 is 10.6 Å². The summed E-state index contributed by atoms with van der Waals surface area (Å²) in [4.78, 5) is 41.0. The van der Waals surface area contributed by atoms with Gasteiger partial charge in [0, 0.05) is 11.6 Å². The number of fused-ring (bicyclic) bond motifs is 1. The number of carbonyl (C=O) groups is 3. The van der Waals surface area contributed by atoms with Crippen LogP contribution >= 0.6 is 24.0 Å². The molecule has 0 aromatic heterocycles. The molecule has 6 nitrogen and oxygen atoms in total. The number of rotatable bonds is 3. The van der Waals surface area contributed by atoms with Gasteiger partial charge in [0.2, 0.25) is 5.91 Å². The number of amides is 3. The normalized spacial score (nSPS) is 23.3. The van der Waals surface area contributed by atoms with Crippen molar-refractivity contribution in [2.75, 3.05) is 11.4 Å². The fourth-order valence-electron chi connectivity index (χ4n) is 4.00. The molecule has 0 atom stereocenters. The molecule has 1 aromatic carbocycles. The number of carbonyl (C=O) groups excluding carboxylic acids is 3. The second kappa shape index (κ2) is 7.09. The Morgan fingerprint density at radius 3 is 2.56 bits per heavy atom. The lowest BCUT2D eigenvalue weighted by molar-refractivity contribution is -0.124. The molecule has 2 N–H and O–H groups in total. The molecule has 8 heteroatoms. The molecule has 2 aliphatic heterocycles. The van der Waals surface area contributed by atoms with Gasteiger partial charge in [0.05, 0.1) is 16.2 Å². The van der Waals surface area contributed by atoms with Gasteiger partial charge in [0.15, 0.2) is 0 Å². The summed E-state index contributed by atoms with van der Waals surface area (Å²) in [5.41, 5.74) is 6.87. The first-order valence-electron chi connectivity index (χ1n) is 8.98. The first-order chi connectivity index (χ1) is 13.0. The largest absolute Gasteiger partial charge is 0.368 e. The Labute approximate surface area is 166 Å². The maximum atomic E-state index is 13.2. The van der Waals surface area contributed by atoms with Crippen molar-refractivity contribution in [3.05, 3.63) is 34.7 Å². The topological polar surface area (TPSA) is 83.7 Å². The molecule has 3 amide bonds. The van der Waals surface area contributed by atoms with Gasteiger partial charge < -0.3 is 5.73 Å². The van der Waals surface area contributed by atoms with Crippen LogP contribution in [0, 0.1) is 0 Å². The van der Waals surface area contributed by atoms with Crippen molar-refractivity contribution >= 4 is 57.3 Å². The van der Waals surface area contributed by atoms with E-state index in [1.54, 1.807) is 23.1 Å². The summed E-state index contributed by atoms with van der Waals surface area (Å²) >= 11 is 6.67. The molecule has 3 aliphatic rings. The van der Waals surface area contributed by atoms with Crippen molar-refractivity contribution < 1.29 is 14.4 Å². The van der Waals surface area contributed by atoms with E-state index in [2.05, 4.69) is 0 Å². The predicted octanol–water partition coefficient (Wildman–Crippen LogP) is 2.42. The fourth-order valence-corrected chi connectivity index (χ4v) is 5.47. The van der Waals surface area contributed by atoms with Gasteiger partial charge >= 0.3 is 0 Å². The maximum Gasteiger partial charge on any atom is 0.267 e. The SMILES string of the molecule is NC(=O)CN1C(=O)/C(=C2\SC(=S)N(C3CCCCC3)C2=O)c2ccccc21. The van der Waals surface area contributed by atoms with Crippen LogP contribution in [0.1, 0.15) is 37.7 Å². The lowest BCUT2D eigenvalue weighted by Gasteiger charge is -2.29. The first-order valence-corrected chi connectivity index (χ1v) is 10.2. The van der Waals surface area contributed by atoms with E-state index in [4.69, 9.17) is 18.0 Å². The van der Waals surface area contributed by atoms with Crippen molar-refractivity contribution in [3.63, 3.8) is 0 Å². The Kier molecular flexibility index (Phi) is 4.77. The predicted molar refractivity (Wildman–Crippen MR) is 109 cm³/mol. The third-order valence-electron chi connectivity index (χ3n) is 5.20. The zero-order valence-electron chi connectivity index (χ0n) is 14.6. The van der Waals surface area contributed by atoms with E-state index in [0.717, 1.165) is 25.7 Å². The van der Waals surface area contributed by atoms with Crippen LogP contribution in [0.5, 0.6) is 0 Å². The van der Waals surface area contributed by atoms with Gasteiger partial charge in [-0.25, -0.2) is 0 Å². The minimum atomic E-state index is -0.603. The summed E-state index contributed by atoms with van der Waals surface area (Å²) in [5.74, 6) is -1.18. The number of nitrogens with zero attached hydrogens (tertiary/aromatic N) is 2. The molecule has 1 aliphatic carbocycles. The number of thiocarbonyl (C=S) groups is 1. The molecule has 2 fully saturated rings. The quantitative estimate of drug-likeness (QED) is 0.621. The zero-order valence-corrected chi connectivity index (χ0v) is 16.3. The average Bonchev–Trinajstić information content (AvgIpc) is 3.09. The molecule has 27 heavy (non-hydrogen) atoms. The van der Waals surface area contributed by atoms with E-state index >= 15 is 0 Å². The van der Waals surface area contributed by atoms with E-state index in [1.165, 1.54) is 23.1 Å². The number of primary amides is 1. The van der Waals surface area contributed by atoms with Crippen molar-refractivity contribution in [3.8, 4) is 0 Å². The van der Waals surface area contributed by atoms with Crippen molar-refractivity contribution in [2.24, 2.45) is 5.73 Å². The highest BCUT2D eigenvalue weighted by Gasteiger charge is 2.44. The van der Waals surface area contributed by atoms with Crippen LogP contribution in [0.15, 0.2) is 29.2 Å². The number of thioether (sulfide) groups is 1. The van der Waals surface area contributed by atoms with Gasteiger partial charge in [-0.1, -0.05) is 61.4 Å². The van der Waals surface area contributed by atoms with E-state index in [-0.39, 0.29) is 24.4 Å². The Hall–Kier alpha value is -2.19. The Morgan fingerprint density at radius 2 is 1.85 bits per heavy atom. The van der Waals surface area contributed by atoms with Gasteiger partial charge in [0.1, 0.15) is 10.9 Å². The molecule has 0 bridgehead atoms. The second-order valence-corrected chi connectivity index (χ2v) is 8.56. The molecule has 0 unspecified atom stereocenters. The monoisotopic (exact) mass is 401 g/mol. The van der Waals surface area contributed by atoms with Crippen LogP contribution in [0.2, 0.25) is 0 Å². The average molecular weight is 402 g/mol. The minimum absolute atomic E-state index is 0.109. The van der Waals surface area contributed by atoms with Crippen LogP contribution in [-0.4, -0.2) is 39.5 Å². The molecule has 1 saturated heterocycles. The van der Waals surface area contributed by atoms with Crippen molar-refractivity contribution in [1.29, 1.82) is 0 Å². The Bertz CT molecular complexity index is 890. The number of hydrogen-bond acceptors (Lipinski definition) is 5. The summed E-state index contributed by atoms with van der Waals surface area (Å²) in [6, 6.07) is 7.25. The van der Waals surface area contributed by atoms with Crippen molar-refractivity contribution in [2.45, 2.75) is 38.1 Å². The van der Waals surface area contributed by atoms with Gasteiger partial charge in [0.25, 0.3) is 11.8 Å². The molecule has 140 valence electrons. The lowest BCUT2D eigenvalue weighted by Crippen LogP contribution is -2.40. The fraction of sp³-hybridized carbons (Fsp3) is 0.368. The van der Waals surface area contributed by atoms with Gasteiger partial charge in [-0.3, -0.25) is 24.2 Å². The van der Waals surface area contributed by atoms with E-state index in [1.807, 2.05) is 6.07 Å². The molecule has 4 rings (SSSR count). The minimum Gasteiger partial charge on any atom is -0.368 e. The molecular formula is C19H19N3O3S2. The highest BCUT2D eigenvalue weighted by Crippen LogP contribution is 2.45. The lowest BCUT2D eigenvalue weighted by atomic mass is 9.94. The van der Waals surface area contributed by atoms with E-state index in [0.29, 0.717) is 26.0 Å². The summed E-state index contributed by atoms with van der Waals surface area (Å²) in [7, 11) is 0. The smallest absolute Gasteiger partial charge is 0.267 e. The standard InChI is InChI=1S/C19H19N3O3S2/c20-14(23)10-21-13-9-5-4-8-12(13)15(17(21)24)16-18(25)22(19(26)27-16)11-6-2-1-3-7-11/h4-5,8-9,11H,1-3,6-7,10H2,(H2,20,23)/b16-15-. The van der Waals surface area contributed by atoms with Gasteiger partial charge in [-0.15, -0.1) is 0 Å². The molecule has 0 radical (unpaired) electrons. The van der Waals surface area contributed by atoms with Crippen molar-refractivity contribution in [1.82, 2.24) is 4.90 Å². The van der Waals surface area contributed by atoms with Gasteiger partial charge in [-0.05, 0) is 18.9 Å². The summed E-state index contributed by atoms with van der Waals surface area (Å²) in [5, 5.41) is 0. The molecule has 1 saturated carbocycles. The summed E-state index contributed by atoms with van der Waals surface area (Å²) in [6.07, 6.45) is 5.23. The number of para-hydroxylation sites is 1. The highest BCUT2D eigenvalue weighted by atomic mass is 32.2. The van der Waals surface area contributed by atoms with E-state index in [9.17, 15) is 14.4 Å². The Balaban J connectivity index is 1.76. The molecular weight excluding hydrogens is 382 g/mol. The second-order valence-electron chi connectivity index (χ2n) is 6.91. The number of benzene rings is 1. The summed E-state index contributed by atoms with van der Waals surface area (Å²) < 4.78 is 0.507. The third-order valence-corrected chi connectivity index (χ3v) is 6.60. The van der Waals surface area contributed by atoms with Crippen LogP contribution in [0.25, 0.3) is 5.57 Å². The van der Waals surface area contributed by atoms with Crippen LogP contribution in [0.4, 0.5) is 5.69 Å². The van der Waals surface area contributed by atoms with Gasteiger partial charge in [-0.2, -0.15) is 0 Å². The first kappa shape index (κ1) is 18.2. The van der Waals surface area contributed by atoms with E-state index < -0.39 is 5.91 Å². The molecule has 0 spiro atoms. The number of nitrogens with two attached hydrogens (primary N) is 1. The third kappa shape index (κ3) is 3.06. The number of anilines is 1. The maximum absolute atomic E-state index is 13.2. The zero-order chi connectivity index (χ0) is 19.1. The number of hydrogen-bond donors (Lipinski definition) is 1. The summed E-state index contributed by atoms with van der Waals surface area (Å²) in [6.45, 7) is -0.220.